The second-order valence-corrected chi connectivity index (χ2v) is 4.77. The summed E-state index contributed by atoms with van der Waals surface area (Å²) in [5.41, 5.74) is 2.10. The molecule has 90 valence electrons. The molecule has 0 saturated carbocycles. The number of fused-ring (bicyclic) bond motifs is 1. The maximum atomic E-state index is 10.6. The number of hydrogen-bond acceptors (Lipinski definition) is 4. The Morgan fingerprint density at radius 2 is 2.39 bits per heavy atom. The molecule has 6 heteroatoms. The van der Waals surface area contributed by atoms with E-state index >= 15 is 0 Å². The van der Waals surface area contributed by atoms with Crippen molar-refractivity contribution in [1.29, 1.82) is 0 Å². The largest absolute Gasteiger partial charge is 0.481 e. The number of imidazole rings is 1. The Kier molecular flexibility index (Phi) is 2.56. The molecule has 0 saturated heterocycles. The molecule has 0 aliphatic heterocycles. The summed E-state index contributed by atoms with van der Waals surface area (Å²) in [6, 6.07) is 5.81. The number of aromatic nitrogens is 3. The van der Waals surface area contributed by atoms with Crippen molar-refractivity contribution >= 4 is 23.0 Å². The highest BCUT2D eigenvalue weighted by atomic mass is 32.1. The fourth-order valence-corrected chi connectivity index (χ4v) is 2.44. The van der Waals surface area contributed by atoms with E-state index in [9.17, 15) is 4.79 Å². The summed E-state index contributed by atoms with van der Waals surface area (Å²) in [6.07, 6.45) is 3.27. The Morgan fingerprint density at radius 1 is 1.50 bits per heavy atom. The van der Waals surface area contributed by atoms with Crippen LogP contribution in [0.4, 0.5) is 0 Å². The molecule has 3 aromatic heterocycles. The zero-order chi connectivity index (χ0) is 12.5. The molecule has 0 unspecified atom stereocenters. The number of carbonyl (C=O) groups is 1. The van der Waals surface area contributed by atoms with Crippen LogP contribution in [0.3, 0.4) is 0 Å². The molecule has 0 spiro atoms. The van der Waals surface area contributed by atoms with E-state index in [0.29, 0.717) is 11.3 Å². The first-order valence-electron chi connectivity index (χ1n) is 5.32. The first kappa shape index (κ1) is 10.9. The van der Waals surface area contributed by atoms with E-state index in [1.165, 1.54) is 0 Å². The van der Waals surface area contributed by atoms with E-state index in [-0.39, 0.29) is 6.42 Å². The fraction of sp³-hybridized carbons (Fsp3) is 0.0833. The van der Waals surface area contributed by atoms with Crippen LogP contribution in [0.15, 0.2) is 36.1 Å². The number of carboxylic acid groups (broad SMARTS) is 1. The number of thiophene rings is 1. The van der Waals surface area contributed by atoms with Crippen LogP contribution in [-0.2, 0) is 11.2 Å². The molecule has 0 aromatic carbocycles. The number of carboxylic acids is 1. The lowest BCUT2D eigenvalue weighted by molar-refractivity contribution is -0.136. The molecular formula is C12H9N3O2S. The maximum Gasteiger partial charge on any atom is 0.309 e. The predicted octanol–water partition coefficient (Wildman–Crippen LogP) is 2.08. The van der Waals surface area contributed by atoms with Crippen molar-refractivity contribution in [2.24, 2.45) is 0 Å². The lowest BCUT2D eigenvalue weighted by Gasteiger charge is -1.96. The van der Waals surface area contributed by atoms with Gasteiger partial charge < -0.3 is 5.11 Å². The minimum Gasteiger partial charge on any atom is -0.481 e. The van der Waals surface area contributed by atoms with Crippen LogP contribution in [-0.4, -0.2) is 25.4 Å². The van der Waals surface area contributed by atoms with Gasteiger partial charge in [0.05, 0.1) is 22.7 Å². The molecule has 0 radical (unpaired) electrons. The van der Waals surface area contributed by atoms with Gasteiger partial charge >= 0.3 is 5.97 Å². The smallest absolute Gasteiger partial charge is 0.309 e. The molecular weight excluding hydrogens is 250 g/mol. The van der Waals surface area contributed by atoms with Crippen molar-refractivity contribution in [3.8, 4) is 10.6 Å². The van der Waals surface area contributed by atoms with Crippen molar-refractivity contribution in [2.45, 2.75) is 6.42 Å². The number of aliphatic carboxylic acids is 1. The highest BCUT2D eigenvalue weighted by Gasteiger charge is 2.08. The average molecular weight is 259 g/mol. The van der Waals surface area contributed by atoms with Gasteiger partial charge in [0.15, 0.2) is 0 Å². The lowest BCUT2D eigenvalue weighted by atomic mass is 10.3. The van der Waals surface area contributed by atoms with Gasteiger partial charge in [-0.15, -0.1) is 11.3 Å². The fourth-order valence-electron chi connectivity index (χ4n) is 1.74. The summed E-state index contributed by atoms with van der Waals surface area (Å²) in [7, 11) is 0. The van der Waals surface area contributed by atoms with Crippen LogP contribution < -0.4 is 0 Å². The molecule has 1 N–H and O–H groups in total. The first-order chi connectivity index (χ1) is 8.72. The topological polar surface area (TPSA) is 67.5 Å². The zero-order valence-corrected chi connectivity index (χ0v) is 10.1. The number of rotatable bonds is 3. The summed E-state index contributed by atoms with van der Waals surface area (Å²) >= 11 is 1.61. The Balaban J connectivity index is 2.04. The van der Waals surface area contributed by atoms with Crippen molar-refractivity contribution in [1.82, 2.24) is 14.4 Å². The Labute approximate surface area is 106 Å². The van der Waals surface area contributed by atoms with Gasteiger partial charge in [-0.1, -0.05) is 6.07 Å². The number of hydrogen-bond donors (Lipinski definition) is 1. The van der Waals surface area contributed by atoms with Crippen LogP contribution in [0.25, 0.3) is 16.2 Å². The SMILES string of the molecule is O=C(O)Cc1cn2cnc(-c3cccs3)cc2n1. The van der Waals surface area contributed by atoms with Crippen LogP contribution in [0.5, 0.6) is 0 Å². The van der Waals surface area contributed by atoms with Gasteiger partial charge in [0.1, 0.15) is 12.0 Å². The molecule has 5 nitrogen and oxygen atoms in total. The van der Waals surface area contributed by atoms with E-state index in [2.05, 4.69) is 9.97 Å². The van der Waals surface area contributed by atoms with Crippen LogP contribution in [0, 0.1) is 0 Å². The van der Waals surface area contributed by atoms with Crippen LogP contribution in [0.2, 0.25) is 0 Å². The normalized spacial score (nSPS) is 10.9. The van der Waals surface area contributed by atoms with E-state index < -0.39 is 5.97 Å². The molecule has 0 aliphatic carbocycles. The molecule has 0 atom stereocenters. The third-order valence-corrected chi connectivity index (χ3v) is 3.40. The first-order valence-corrected chi connectivity index (χ1v) is 6.19. The van der Waals surface area contributed by atoms with Gasteiger partial charge in [-0.25, -0.2) is 9.97 Å². The second kappa shape index (κ2) is 4.23. The summed E-state index contributed by atoms with van der Waals surface area (Å²) in [5.74, 6) is -0.884. The Morgan fingerprint density at radius 3 is 3.11 bits per heavy atom. The molecule has 3 rings (SSSR count). The molecule has 0 fully saturated rings. The molecule has 0 amide bonds. The van der Waals surface area contributed by atoms with Crippen molar-refractivity contribution in [2.75, 3.05) is 0 Å². The van der Waals surface area contributed by atoms with Crippen molar-refractivity contribution < 1.29 is 9.90 Å². The van der Waals surface area contributed by atoms with Gasteiger partial charge in [0.25, 0.3) is 0 Å². The van der Waals surface area contributed by atoms with Gasteiger partial charge in [0, 0.05) is 12.3 Å². The van der Waals surface area contributed by atoms with Crippen molar-refractivity contribution in [3.05, 3.63) is 41.8 Å². The van der Waals surface area contributed by atoms with Crippen LogP contribution >= 0.6 is 11.3 Å². The summed E-state index contributed by atoms with van der Waals surface area (Å²) in [5, 5.41) is 10.7. The quantitative estimate of drug-likeness (QED) is 0.782. The second-order valence-electron chi connectivity index (χ2n) is 3.82. The van der Waals surface area contributed by atoms with Gasteiger partial charge in [-0.3, -0.25) is 9.20 Å². The molecule has 3 aromatic rings. The van der Waals surface area contributed by atoms with E-state index in [0.717, 1.165) is 10.6 Å². The highest BCUT2D eigenvalue weighted by Crippen LogP contribution is 2.23. The minimum atomic E-state index is -0.884. The molecule has 3 heterocycles. The van der Waals surface area contributed by atoms with Gasteiger partial charge in [0.2, 0.25) is 0 Å². The van der Waals surface area contributed by atoms with Crippen molar-refractivity contribution in [3.63, 3.8) is 0 Å². The highest BCUT2D eigenvalue weighted by molar-refractivity contribution is 7.13. The summed E-state index contributed by atoms with van der Waals surface area (Å²) in [6.45, 7) is 0. The Hall–Kier alpha value is -2.21. The van der Waals surface area contributed by atoms with Gasteiger partial charge in [-0.05, 0) is 11.4 Å². The Bertz CT molecular complexity index is 703. The predicted molar refractivity (Wildman–Crippen MR) is 67.6 cm³/mol. The average Bonchev–Trinajstić information content (AvgIpc) is 2.94. The minimum absolute atomic E-state index is 0.0734. The molecule has 0 aliphatic rings. The van der Waals surface area contributed by atoms with Gasteiger partial charge in [-0.2, -0.15) is 0 Å². The summed E-state index contributed by atoms with van der Waals surface area (Å²) < 4.78 is 1.73. The standard InChI is InChI=1S/C12H9N3O2S/c16-12(17)4-8-6-15-7-13-9(5-11(15)14-8)10-2-1-3-18-10/h1-3,5-7H,4H2,(H,16,17). The number of nitrogens with zero attached hydrogens (tertiary/aromatic N) is 3. The zero-order valence-electron chi connectivity index (χ0n) is 9.28. The molecule has 0 bridgehead atoms. The third-order valence-electron chi connectivity index (χ3n) is 2.50. The monoisotopic (exact) mass is 259 g/mol. The molecule has 18 heavy (non-hydrogen) atoms. The van der Waals surface area contributed by atoms with E-state index in [1.54, 1.807) is 28.3 Å². The maximum absolute atomic E-state index is 10.6. The summed E-state index contributed by atoms with van der Waals surface area (Å²) in [4.78, 5) is 20.3. The van der Waals surface area contributed by atoms with Crippen LogP contribution in [0.1, 0.15) is 5.69 Å². The van der Waals surface area contributed by atoms with E-state index in [1.807, 2.05) is 23.6 Å². The third kappa shape index (κ3) is 1.98. The lowest BCUT2D eigenvalue weighted by Crippen LogP contribution is -1.99. The van der Waals surface area contributed by atoms with E-state index in [4.69, 9.17) is 5.11 Å².